The number of aliphatic hydroxyl groups excluding tert-OH is 2. The average molecular weight is 603 g/mol. The highest BCUT2D eigenvalue weighted by Crippen LogP contribution is 2.75. The minimum atomic E-state index is -2.25. The SMILES string of the molecule is CCCCCCCCCC(=O)O[C@@]12CC(C)C34C=C(C)[C@H](OC(=O)C(C)(C)C)[C@@]3(O)[C@H](O)C(CO)=C[C@H](C4=O)[C@@H]1C2(C)C. The topological polar surface area (TPSA) is 130 Å². The predicted molar refractivity (Wildman–Crippen MR) is 163 cm³/mol. The molecule has 2 saturated carbocycles. The molecule has 8 heteroatoms. The van der Waals surface area contributed by atoms with Gasteiger partial charge in [0.25, 0.3) is 0 Å². The van der Waals surface area contributed by atoms with Crippen LogP contribution in [-0.4, -0.2) is 63.1 Å². The average Bonchev–Trinajstić information content (AvgIpc) is 3.32. The maximum atomic E-state index is 14.8. The number of rotatable bonds is 11. The van der Waals surface area contributed by atoms with Gasteiger partial charge in [0.05, 0.1) is 17.4 Å². The van der Waals surface area contributed by atoms with Crippen LogP contribution in [-0.2, 0) is 23.9 Å². The highest BCUT2D eigenvalue weighted by Gasteiger charge is 2.83. The van der Waals surface area contributed by atoms with Crippen LogP contribution in [0.4, 0.5) is 0 Å². The molecule has 4 aliphatic rings. The van der Waals surface area contributed by atoms with Gasteiger partial charge in [0, 0.05) is 23.7 Å². The van der Waals surface area contributed by atoms with Crippen molar-refractivity contribution in [3.05, 3.63) is 23.3 Å². The summed E-state index contributed by atoms with van der Waals surface area (Å²) in [7, 11) is 0. The van der Waals surface area contributed by atoms with Gasteiger partial charge in [-0.15, -0.1) is 0 Å². The van der Waals surface area contributed by atoms with E-state index in [1.165, 1.54) is 25.7 Å². The second kappa shape index (κ2) is 11.7. The molecule has 0 aromatic heterocycles. The van der Waals surface area contributed by atoms with Gasteiger partial charge in [0.15, 0.2) is 17.5 Å². The maximum Gasteiger partial charge on any atom is 0.311 e. The fraction of sp³-hybridized carbons (Fsp3) is 0.800. The van der Waals surface area contributed by atoms with Crippen LogP contribution in [0.2, 0.25) is 0 Å². The summed E-state index contributed by atoms with van der Waals surface area (Å²) in [6.45, 7) is 14.2. The predicted octanol–water partition coefficient (Wildman–Crippen LogP) is 5.22. The summed E-state index contributed by atoms with van der Waals surface area (Å²) in [5.41, 5.74) is -5.69. The lowest BCUT2D eigenvalue weighted by Crippen LogP contribution is -2.66. The van der Waals surface area contributed by atoms with E-state index in [-0.39, 0.29) is 17.3 Å². The molecule has 0 aromatic carbocycles. The number of ketones is 1. The number of unbranched alkanes of at least 4 members (excludes halogenated alkanes) is 6. The molecule has 0 aromatic rings. The number of esters is 2. The first-order valence-corrected chi connectivity index (χ1v) is 16.4. The molecule has 2 bridgehead atoms. The van der Waals surface area contributed by atoms with Crippen LogP contribution in [0, 0.1) is 34.0 Å². The quantitative estimate of drug-likeness (QED) is 0.167. The van der Waals surface area contributed by atoms with Crippen molar-refractivity contribution in [1.82, 2.24) is 0 Å². The molecule has 0 aliphatic heterocycles. The van der Waals surface area contributed by atoms with Crippen molar-refractivity contribution < 1.29 is 39.2 Å². The van der Waals surface area contributed by atoms with Crippen molar-refractivity contribution in [1.29, 1.82) is 0 Å². The Kier molecular flexibility index (Phi) is 9.23. The standard InChI is InChI=1S/C35H54O8/c1-9-10-11-12-13-14-15-16-25(37)43-34-19-22(3)33-18-21(2)29(42-30(40)31(4,5)6)35(33,41)27(38)23(20-36)17-24(28(33)39)26(34)32(34,7)8/h17-18,22,24,26-27,29,36,38,41H,9-16,19-20H2,1-8H3/t22?,24-,26+,27+,29-,33?,34-,35-/m0/s1. The van der Waals surface area contributed by atoms with Crippen molar-refractivity contribution in [3.63, 3.8) is 0 Å². The van der Waals surface area contributed by atoms with Crippen LogP contribution in [0.5, 0.6) is 0 Å². The van der Waals surface area contributed by atoms with Crippen LogP contribution < -0.4 is 0 Å². The first kappa shape index (κ1) is 33.9. The third kappa shape index (κ3) is 5.13. The van der Waals surface area contributed by atoms with Crippen LogP contribution >= 0.6 is 0 Å². The number of fused-ring (bicyclic) bond motifs is 3. The molecule has 2 unspecified atom stereocenters. The van der Waals surface area contributed by atoms with Gasteiger partial charge >= 0.3 is 11.9 Å². The molecule has 1 spiro atoms. The summed E-state index contributed by atoms with van der Waals surface area (Å²) in [5.74, 6) is -2.97. The zero-order valence-electron chi connectivity index (χ0n) is 27.5. The third-order valence-corrected chi connectivity index (χ3v) is 11.1. The van der Waals surface area contributed by atoms with Crippen molar-refractivity contribution in [2.45, 2.75) is 137 Å². The molecular formula is C35H54O8. The zero-order valence-corrected chi connectivity index (χ0v) is 27.5. The van der Waals surface area contributed by atoms with E-state index in [4.69, 9.17) is 9.47 Å². The van der Waals surface area contributed by atoms with Gasteiger partial charge < -0.3 is 24.8 Å². The number of hydrogen-bond acceptors (Lipinski definition) is 8. The second-order valence-electron chi connectivity index (χ2n) is 15.3. The normalized spacial score (nSPS) is 37.7. The lowest BCUT2D eigenvalue weighted by atomic mass is 9.59. The second-order valence-corrected chi connectivity index (χ2v) is 15.3. The van der Waals surface area contributed by atoms with Crippen molar-refractivity contribution in [3.8, 4) is 0 Å². The molecule has 3 N–H and O–H groups in total. The van der Waals surface area contributed by atoms with Crippen molar-refractivity contribution in [2.75, 3.05) is 6.61 Å². The van der Waals surface area contributed by atoms with Gasteiger partial charge in [-0.3, -0.25) is 14.4 Å². The molecule has 0 heterocycles. The number of hydrogen-bond donors (Lipinski definition) is 3. The van der Waals surface area contributed by atoms with E-state index in [2.05, 4.69) is 6.92 Å². The molecule has 4 aliphatic carbocycles. The number of aliphatic hydroxyl groups is 3. The Hall–Kier alpha value is -2.03. The zero-order chi connectivity index (χ0) is 32.2. The largest absolute Gasteiger partial charge is 0.458 e. The van der Waals surface area contributed by atoms with E-state index in [0.29, 0.717) is 18.4 Å². The van der Waals surface area contributed by atoms with E-state index in [1.54, 1.807) is 39.8 Å². The van der Waals surface area contributed by atoms with Crippen LogP contribution in [0.3, 0.4) is 0 Å². The highest BCUT2D eigenvalue weighted by atomic mass is 16.6. The molecule has 8 atom stereocenters. The van der Waals surface area contributed by atoms with E-state index in [0.717, 1.165) is 19.3 Å². The molecule has 2 fully saturated rings. The highest BCUT2D eigenvalue weighted by molar-refractivity contribution is 5.96. The third-order valence-electron chi connectivity index (χ3n) is 11.1. The van der Waals surface area contributed by atoms with Crippen molar-refractivity contribution >= 4 is 17.7 Å². The molecule has 0 saturated heterocycles. The Balaban J connectivity index is 1.69. The Bertz CT molecular complexity index is 1180. The Morgan fingerprint density at radius 1 is 1.07 bits per heavy atom. The molecule has 0 amide bonds. The molecule has 43 heavy (non-hydrogen) atoms. The number of carbonyl (C=O) groups is 3. The summed E-state index contributed by atoms with van der Waals surface area (Å²) in [5, 5.41) is 34.8. The van der Waals surface area contributed by atoms with E-state index < -0.39 is 70.0 Å². The number of ether oxygens (including phenoxy) is 2. The lowest BCUT2D eigenvalue weighted by molar-refractivity contribution is -0.208. The van der Waals surface area contributed by atoms with Gasteiger partial charge in [0.1, 0.15) is 11.7 Å². The van der Waals surface area contributed by atoms with Gasteiger partial charge in [-0.1, -0.05) is 78.4 Å². The number of Topliss-reactive ketones (excluding diaryl/α,β-unsaturated/α-hetero) is 1. The summed E-state index contributed by atoms with van der Waals surface area (Å²) in [6, 6.07) is 0. The summed E-state index contributed by atoms with van der Waals surface area (Å²) in [6.07, 6.45) is 8.50. The molecule has 4 rings (SSSR count). The van der Waals surface area contributed by atoms with Crippen LogP contribution in [0.25, 0.3) is 0 Å². The summed E-state index contributed by atoms with van der Waals surface area (Å²) >= 11 is 0. The first-order chi connectivity index (χ1) is 20.0. The smallest absolute Gasteiger partial charge is 0.311 e. The van der Waals surface area contributed by atoms with E-state index >= 15 is 0 Å². The lowest BCUT2D eigenvalue weighted by Gasteiger charge is -2.49. The molecule has 0 radical (unpaired) electrons. The monoisotopic (exact) mass is 602 g/mol. The van der Waals surface area contributed by atoms with E-state index in [9.17, 15) is 29.7 Å². The molecule has 242 valence electrons. The minimum absolute atomic E-state index is 0.0998. The Morgan fingerprint density at radius 2 is 1.67 bits per heavy atom. The first-order valence-electron chi connectivity index (χ1n) is 16.4. The van der Waals surface area contributed by atoms with Crippen LogP contribution in [0.1, 0.15) is 113 Å². The number of allylic oxidation sites excluding steroid dienone is 1. The maximum absolute atomic E-state index is 14.8. The van der Waals surface area contributed by atoms with E-state index in [1.807, 2.05) is 20.8 Å². The van der Waals surface area contributed by atoms with Crippen molar-refractivity contribution in [2.24, 2.45) is 34.0 Å². The van der Waals surface area contributed by atoms with Crippen LogP contribution in [0.15, 0.2) is 23.3 Å². The van der Waals surface area contributed by atoms with Gasteiger partial charge in [-0.05, 0) is 57.6 Å². The molecule has 8 nitrogen and oxygen atoms in total. The minimum Gasteiger partial charge on any atom is -0.458 e. The number of carbonyl (C=O) groups excluding carboxylic acids is 3. The Labute approximate surface area is 257 Å². The fourth-order valence-electron chi connectivity index (χ4n) is 8.66. The van der Waals surface area contributed by atoms with Gasteiger partial charge in [0.2, 0.25) is 0 Å². The Morgan fingerprint density at radius 3 is 2.26 bits per heavy atom. The fourth-order valence-corrected chi connectivity index (χ4v) is 8.66. The van der Waals surface area contributed by atoms with Gasteiger partial charge in [-0.2, -0.15) is 0 Å². The summed E-state index contributed by atoms with van der Waals surface area (Å²) < 4.78 is 12.3. The van der Waals surface area contributed by atoms with Gasteiger partial charge in [-0.25, -0.2) is 0 Å². The molecular weight excluding hydrogens is 548 g/mol. The summed E-state index contributed by atoms with van der Waals surface area (Å²) in [4.78, 5) is 41.2.